The summed E-state index contributed by atoms with van der Waals surface area (Å²) in [7, 11) is 0. The maximum Gasteiger partial charge on any atom is 0.123 e. The van der Waals surface area contributed by atoms with Crippen LogP contribution >= 0.6 is 0 Å². The molecule has 0 saturated heterocycles. The van der Waals surface area contributed by atoms with Crippen LogP contribution in [0.3, 0.4) is 0 Å². The van der Waals surface area contributed by atoms with E-state index in [0.29, 0.717) is 11.5 Å². The van der Waals surface area contributed by atoms with E-state index in [1.807, 2.05) is 0 Å². The topological polar surface area (TPSA) is 62.2 Å². The number of nitrogens with zero attached hydrogens (tertiary/aromatic N) is 1. The Balaban J connectivity index is 2.35. The maximum atomic E-state index is 7.13. The molecule has 0 aliphatic heterocycles. The zero-order chi connectivity index (χ0) is 9.68. The van der Waals surface area contributed by atoms with Crippen LogP contribution in [0.15, 0.2) is 29.4 Å². The average Bonchev–Trinajstić information content (AvgIpc) is 2.84. The van der Waals surface area contributed by atoms with E-state index in [-0.39, 0.29) is 0 Å². The molecule has 3 N–H and O–H groups in total. The van der Waals surface area contributed by atoms with E-state index in [1.165, 1.54) is 12.8 Å². The fourth-order valence-electron chi connectivity index (χ4n) is 0.793. The van der Waals surface area contributed by atoms with Crippen molar-refractivity contribution >= 4 is 11.5 Å². The highest BCUT2D eigenvalue weighted by Crippen LogP contribution is 2.29. The van der Waals surface area contributed by atoms with Gasteiger partial charge in [0.15, 0.2) is 0 Å². The van der Waals surface area contributed by atoms with Crippen LogP contribution in [0.2, 0.25) is 0 Å². The van der Waals surface area contributed by atoms with Gasteiger partial charge in [0.1, 0.15) is 5.84 Å². The lowest BCUT2D eigenvalue weighted by atomic mass is 10.3. The molecule has 0 amide bonds. The highest BCUT2D eigenvalue weighted by Gasteiger charge is 2.16. The smallest absolute Gasteiger partial charge is 0.123 e. The number of rotatable bonds is 4. The van der Waals surface area contributed by atoms with Crippen molar-refractivity contribution in [3.63, 3.8) is 0 Å². The summed E-state index contributed by atoms with van der Waals surface area (Å²) in [5.41, 5.74) is 6.02. The molecule has 1 aliphatic rings. The summed E-state index contributed by atoms with van der Waals surface area (Å²) < 4.78 is 0. The van der Waals surface area contributed by atoms with Gasteiger partial charge >= 0.3 is 0 Å². The summed E-state index contributed by atoms with van der Waals surface area (Å²) in [6, 6.07) is 0. The first-order chi connectivity index (χ1) is 6.18. The van der Waals surface area contributed by atoms with Crippen molar-refractivity contribution in [3.8, 4) is 0 Å². The predicted octanol–water partition coefficient (Wildman–Crippen LogP) is 1.86. The maximum absolute atomic E-state index is 7.13. The third kappa shape index (κ3) is 4.95. The molecule has 0 aromatic carbocycles. The number of amidine groups is 1. The number of nitrogens with two attached hydrogens (primary N) is 1. The Kier molecular flexibility index (Phi) is 3.43. The van der Waals surface area contributed by atoms with Crippen molar-refractivity contribution in [2.45, 2.75) is 19.8 Å². The summed E-state index contributed by atoms with van der Waals surface area (Å²) in [4.78, 5) is 4.01. The lowest BCUT2D eigenvalue weighted by Gasteiger charge is -1.87. The molecular weight excluding hydrogens is 162 g/mol. The molecule has 0 spiro atoms. The van der Waals surface area contributed by atoms with Crippen LogP contribution in [0.4, 0.5) is 0 Å². The van der Waals surface area contributed by atoms with Crippen molar-refractivity contribution in [1.29, 1.82) is 5.41 Å². The molecule has 3 heteroatoms. The Morgan fingerprint density at radius 3 is 2.69 bits per heavy atom. The van der Waals surface area contributed by atoms with Gasteiger partial charge in [-0.1, -0.05) is 6.08 Å². The Morgan fingerprint density at radius 2 is 2.15 bits per heavy atom. The van der Waals surface area contributed by atoms with E-state index in [4.69, 9.17) is 11.1 Å². The summed E-state index contributed by atoms with van der Waals surface area (Å²) in [5, 5.41) is 7.13. The van der Waals surface area contributed by atoms with E-state index >= 15 is 0 Å². The number of hydrogen-bond acceptors (Lipinski definition) is 2. The van der Waals surface area contributed by atoms with E-state index in [9.17, 15) is 0 Å². The molecule has 0 aromatic heterocycles. The van der Waals surface area contributed by atoms with Gasteiger partial charge in [-0.05, 0) is 37.8 Å². The molecule has 0 unspecified atom stereocenters. The van der Waals surface area contributed by atoms with Crippen LogP contribution in [0.5, 0.6) is 0 Å². The lowest BCUT2D eigenvalue weighted by Crippen LogP contribution is -2.07. The predicted molar refractivity (Wildman–Crippen MR) is 56.0 cm³/mol. The minimum Gasteiger partial charge on any atom is -0.384 e. The lowest BCUT2D eigenvalue weighted by molar-refractivity contribution is 1.11. The average molecular weight is 177 g/mol. The molecule has 1 aliphatic carbocycles. The van der Waals surface area contributed by atoms with Gasteiger partial charge in [-0.2, -0.15) is 0 Å². The molecule has 1 saturated carbocycles. The Hall–Kier alpha value is -1.38. The van der Waals surface area contributed by atoms with Crippen molar-refractivity contribution < 1.29 is 0 Å². The molecule has 0 bridgehead atoms. The molecule has 3 nitrogen and oxygen atoms in total. The number of allylic oxidation sites excluding steroid dienone is 2. The molecule has 1 fully saturated rings. The minimum atomic E-state index is 0.448. The first-order valence-corrected chi connectivity index (χ1v) is 4.41. The number of aliphatic imine (C=N–C) groups is 1. The molecule has 0 heterocycles. The molecule has 1 rings (SSSR count). The van der Waals surface area contributed by atoms with Crippen LogP contribution in [0.25, 0.3) is 0 Å². The van der Waals surface area contributed by atoms with Crippen LogP contribution in [0.1, 0.15) is 19.8 Å². The zero-order valence-corrected chi connectivity index (χ0v) is 7.83. The van der Waals surface area contributed by atoms with Gasteiger partial charge in [-0.3, -0.25) is 0 Å². The Bertz CT molecular complexity index is 270. The van der Waals surface area contributed by atoms with Crippen LogP contribution in [-0.4, -0.2) is 11.5 Å². The Morgan fingerprint density at radius 1 is 1.46 bits per heavy atom. The van der Waals surface area contributed by atoms with Gasteiger partial charge in [0, 0.05) is 11.9 Å². The van der Waals surface area contributed by atoms with Crippen molar-refractivity contribution in [3.05, 3.63) is 24.4 Å². The monoisotopic (exact) mass is 177 g/mol. The second-order valence-corrected chi connectivity index (χ2v) is 3.25. The van der Waals surface area contributed by atoms with Crippen LogP contribution in [-0.2, 0) is 0 Å². The van der Waals surface area contributed by atoms with Gasteiger partial charge in [-0.15, -0.1) is 0 Å². The quantitative estimate of drug-likeness (QED) is 0.499. The fourth-order valence-corrected chi connectivity index (χ4v) is 0.793. The van der Waals surface area contributed by atoms with E-state index in [1.54, 1.807) is 25.3 Å². The van der Waals surface area contributed by atoms with Crippen molar-refractivity contribution in [2.24, 2.45) is 16.6 Å². The van der Waals surface area contributed by atoms with Crippen LogP contribution in [0, 0.1) is 11.3 Å². The second kappa shape index (κ2) is 4.60. The van der Waals surface area contributed by atoms with Gasteiger partial charge in [0.2, 0.25) is 0 Å². The first-order valence-electron chi connectivity index (χ1n) is 4.41. The first kappa shape index (κ1) is 9.71. The third-order valence-electron chi connectivity index (χ3n) is 1.71. The summed E-state index contributed by atoms with van der Waals surface area (Å²) in [6.45, 7) is 1.70. The van der Waals surface area contributed by atoms with E-state index in [2.05, 4.69) is 11.1 Å². The minimum absolute atomic E-state index is 0.448. The second-order valence-electron chi connectivity index (χ2n) is 3.25. The summed E-state index contributed by atoms with van der Waals surface area (Å²) in [6.07, 6.45) is 9.64. The van der Waals surface area contributed by atoms with Gasteiger partial charge in [0.05, 0.1) is 0 Å². The molecule has 0 radical (unpaired) electrons. The highest BCUT2D eigenvalue weighted by atomic mass is 14.8. The van der Waals surface area contributed by atoms with Crippen LogP contribution < -0.4 is 5.73 Å². The van der Waals surface area contributed by atoms with E-state index < -0.39 is 0 Å². The van der Waals surface area contributed by atoms with Crippen molar-refractivity contribution in [2.75, 3.05) is 0 Å². The number of hydrogen-bond donors (Lipinski definition) is 2. The molecular formula is C10H15N3. The largest absolute Gasteiger partial charge is 0.384 e. The fraction of sp³-hybridized carbons (Fsp3) is 0.400. The zero-order valence-electron chi connectivity index (χ0n) is 7.83. The van der Waals surface area contributed by atoms with Gasteiger partial charge < -0.3 is 11.1 Å². The van der Waals surface area contributed by atoms with Gasteiger partial charge in [0.25, 0.3) is 0 Å². The molecule has 0 aromatic rings. The Labute approximate surface area is 78.6 Å². The van der Waals surface area contributed by atoms with Gasteiger partial charge in [-0.25, -0.2) is 4.99 Å². The molecule has 70 valence electrons. The van der Waals surface area contributed by atoms with Crippen molar-refractivity contribution in [1.82, 2.24) is 0 Å². The summed E-state index contributed by atoms with van der Waals surface area (Å²) in [5.74, 6) is 1.17. The normalized spacial score (nSPS) is 18.7. The SMILES string of the molecule is CC(=N)\C=C/C(N)=N\C=C\C1CC1. The van der Waals surface area contributed by atoms with E-state index in [0.717, 1.165) is 5.92 Å². The standard InChI is InChI=1S/C10H15N3/c1-8(11)2-5-10(12)13-7-6-9-3-4-9/h2,5-7,9,11H,3-4H2,1H3,(H2,12,13)/b5-2-,7-6+,11-8?. The number of nitrogens with one attached hydrogen (secondary N) is 1. The summed E-state index contributed by atoms with van der Waals surface area (Å²) >= 11 is 0. The molecule has 0 atom stereocenters. The highest BCUT2D eigenvalue weighted by molar-refractivity contribution is 5.99. The third-order valence-corrected chi connectivity index (χ3v) is 1.71. The molecule has 13 heavy (non-hydrogen) atoms.